The van der Waals surface area contributed by atoms with Crippen molar-refractivity contribution in [1.29, 1.82) is 5.26 Å². The van der Waals surface area contributed by atoms with Crippen LogP contribution in [0.15, 0.2) is 12.1 Å². The zero-order chi connectivity index (χ0) is 11.6. The predicted octanol–water partition coefficient (Wildman–Crippen LogP) is 2.36. The SMILES string of the molecule is Cc1cc(C#N)cc(C(C)C(=O)O)c1C. The van der Waals surface area contributed by atoms with Gasteiger partial charge >= 0.3 is 5.97 Å². The van der Waals surface area contributed by atoms with Crippen LogP contribution in [0.3, 0.4) is 0 Å². The molecule has 0 amide bonds. The average molecular weight is 203 g/mol. The number of hydrogen-bond donors (Lipinski definition) is 1. The Kier molecular flexibility index (Phi) is 3.11. The topological polar surface area (TPSA) is 61.1 Å². The van der Waals surface area contributed by atoms with Crippen LogP contribution in [0.25, 0.3) is 0 Å². The molecule has 0 fully saturated rings. The number of nitrogens with zero attached hydrogens (tertiary/aromatic N) is 1. The van der Waals surface area contributed by atoms with Gasteiger partial charge in [-0.15, -0.1) is 0 Å². The number of carboxylic acid groups (broad SMARTS) is 1. The molecule has 0 saturated heterocycles. The van der Waals surface area contributed by atoms with Crippen LogP contribution in [-0.2, 0) is 4.79 Å². The minimum atomic E-state index is -0.868. The second-order valence-electron chi connectivity index (χ2n) is 3.68. The van der Waals surface area contributed by atoms with Crippen LogP contribution in [0.1, 0.15) is 35.1 Å². The van der Waals surface area contributed by atoms with E-state index in [0.717, 1.165) is 16.7 Å². The van der Waals surface area contributed by atoms with Gasteiger partial charge in [-0.1, -0.05) is 0 Å². The second kappa shape index (κ2) is 4.14. The fourth-order valence-electron chi connectivity index (χ4n) is 1.53. The molecule has 1 aromatic rings. The van der Waals surface area contributed by atoms with Crippen LogP contribution < -0.4 is 0 Å². The Balaban J connectivity index is 3.35. The summed E-state index contributed by atoms with van der Waals surface area (Å²) >= 11 is 0. The van der Waals surface area contributed by atoms with Gasteiger partial charge in [-0.2, -0.15) is 5.26 Å². The third-order valence-corrected chi connectivity index (χ3v) is 2.67. The van der Waals surface area contributed by atoms with Crippen molar-refractivity contribution in [2.75, 3.05) is 0 Å². The molecule has 0 radical (unpaired) electrons. The van der Waals surface area contributed by atoms with Crippen LogP contribution in [0.5, 0.6) is 0 Å². The van der Waals surface area contributed by atoms with Crippen molar-refractivity contribution in [3.63, 3.8) is 0 Å². The highest BCUT2D eigenvalue weighted by molar-refractivity contribution is 5.76. The van der Waals surface area contributed by atoms with E-state index in [1.54, 1.807) is 19.1 Å². The van der Waals surface area contributed by atoms with Gasteiger partial charge in [0.15, 0.2) is 0 Å². The van der Waals surface area contributed by atoms with E-state index >= 15 is 0 Å². The molecule has 1 atom stereocenters. The maximum absolute atomic E-state index is 10.9. The zero-order valence-corrected chi connectivity index (χ0v) is 9.03. The monoisotopic (exact) mass is 203 g/mol. The molecule has 1 rings (SSSR count). The zero-order valence-electron chi connectivity index (χ0n) is 9.03. The van der Waals surface area contributed by atoms with Crippen molar-refractivity contribution in [1.82, 2.24) is 0 Å². The van der Waals surface area contributed by atoms with Crippen molar-refractivity contribution in [2.24, 2.45) is 0 Å². The summed E-state index contributed by atoms with van der Waals surface area (Å²) in [6.45, 7) is 5.39. The number of hydrogen-bond acceptors (Lipinski definition) is 2. The lowest BCUT2D eigenvalue weighted by atomic mass is 9.91. The standard InChI is InChI=1S/C12H13NO2/c1-7-4-10(6-13)5-11(8(7)2)9(3)12(14)15/h4-5,9H,1-3H3,(H,14,15). The Hall–Kier alpha value is -1.82. The molecule has 0 saturated carbocycles. The highest BCUT2D eigenvalue weighted by Gasteiger charge is 2.17. The summed E-state index contributed by atoms with van der Waals surface area (Å²) in [5.41, 5.74) is 3.14. The summed E-state index contributed by atoms with van der Waals surface area (Å²) in [6, 6.07) is 5.46. The first kappa shape index (κ1) is 11.3. The quantitative estimate of drug-likeness (QED) is 0.802. The molecular weight excluding hydrogens is 190 g/mol. The molecule has 0 bridgehead atoms. The van der Waals surface area contributed by atoms with Gasteiger partial charge in [0.25, 0.3) is 0 Å². The van der Waals surface area contributed by atoms with Gasteiger partial charge in [0.05, 0.1) is 17.6 Å². The third kappa shape index (κ3) is 2.16. The van der Waals surface area contributed by atoms with Crippen molar-refractivity contribution >= 4 is 5.97 Å². The van der Waals surface area contributed by atoms with Crippen molar-refractivity contribution in [3.8, 4) is 6.07 Å². The van der Waals surface area contributed by atoms with Gasteiger partial charge in [0, 0.05) is 0 Å². The molecule has 1 N–H and O–H groups in total. The molecule has 0 heterocycles. The molecule has 1 unspecified atom stereocenters. The van der Waals surface area contributed by atoms with E-state index in [-0.39, 0.29) is 0 Å². The molecule has 0 aliphatic heterocycles. The molecule has 3 nitrogen and oxygen atoms in total. The summed E-state index contributed by atoms with van der Waals surface area (Å²) in [6.07, 6.45) is 0. The number of rotatable bonds is 2. The van der Waals surface area contributed by atoms with E-state index < -0.39 is 11.9 Å². The fraction of sp³-hybridized carbons (Fsp3) is 0.333. The van der Waals surface area contributed by atoms with E-state index in [1.165, 1.54) is 0 Å². The Bertz CT molecular complexity index is 444. The first-order chi connectivity index (χ1) is 6.97. The Labute approximate surface area is 89.0 Å². The molecule has 0 aliphatic rings. The van der Waals surface area contributed by atoms with Crippen molar-refractivity contribution in [2.45, 2.75) is 26.7 Å². The second-order valence-corrected chi connectivity index (χ2v) is 3.68. The average Bonchev–Trinajstić information content (AvgIpc) is 2.20. The number of carbonyl (C=O) groups is 1. The van der Waals surface area contributed by atoms with Crippen LogP contribution in [-0.4, -0.2) is 11.1 Å². The van der Waals surface area contributed by atoms with E-state index in [4.69, 9.17) is 10.4 Å². The molecular formula is C12H13NO2. The van der Waals surface area contributed by atoms with Gasteiger partial charge in [-0.3, -0.25) is 4.79 Å². The van der Waals surface area contributed by atoms with Crippen LogP contribution in [0, 0.1) is 25.2 Å². The minimum absolute atomic E-state index is 0.515. The maximum atomic E-state index is 10.9. The van der Waals surface area contributed by atoms with Crippen LogP contribution in [0.4, 0.5) is 0 Å². The fourth-order valence-corrected chi connectivity index (χ4v) is 1.53. The van der Waals surface area contributed by atoms with Crippen LogP contribution in [0.2, 0.25) is 0 Å². The maximum Gasteiger partial charge on any atom is 0.310 e. The lowest BCUT2D eigenvalue weighted by Crippen LogP contribution is -2.10. The molecule has 15 heavy (non-hydrogen) atoms. The minimum Gasteiger partial charge on any atom is -0.481 e. The summed E-state index contributed by atoms with van der Waals surface area (Å²) in [4.78, 5) is 10.9. The first-order valence-corrected chi connectivity index (χ1v) is 4.71. The van der Waals surface area contributed by atoms with Gasteiger partial charge in [0.2, 0.25) is 0 Å². The summed E-state index contributed by atoms with van der Waals surface area (Å²) < 4.78 is 0. The van der Waals surface area contributed by atoms with Crippen molar-refractivity contribution in [3.05, 3.63) is 34.4 Å². The smallest absolute Gasteiger partial charge is 0.310 e. The number of carboxylic acids is 1. The van der Waals surface area contributed by atoms with E-state index in [2.05, 4.69) is 0 Å². The molecule has 0 spiro atoms. The molecule has 3 heteroatoms. The summed E-state index contributed by atoms with van der Waals surface area (Å²) in [7, 11) is 0. The summed E-state index contributed by atoms with van der Waals surface area (Å²) in [5.74, 6) is -1.44. The Morgan fingerprint density at radius 1 is 1.47 bits per heavy atom. The normalized spacial score (nSPS) is 11.9. The van der Waals surface area contributed by atoms with Gasteiger partial charge in [-0.25, -0.2) is 0 Å². The molecule has 0 aliphatic carbocycles. The van der Waals surface area contributed by atoms with Crippen LogP contribution >= 0.6 is 0 Å². The number of nitriles is 1. The number of aliphatic carboxylic acids is 1. The molecule has 1 aromatic carbocycles. The predicted molar refractivity (Wildman–Crippen MR) is 56.7 cm³/mol. The highest BCUT2D eigenvalue weighted by atomic mass is 16.4. The van der Waals surface area contributed by atoms with Crippen molar-refractivity contribution < 1.29 is 9.90 Å². The van der Waals surface area contributed by atoms with Gasteiger partial charge < -0.3 is 5.11 Å². The van der Waals surface area contributed by atoms with E-state index in [1.807, 2.05) is 19.9 Å². The Morgan fingerprint density at radius 3 is 2.53 bits per heavy atom. The van der Waals surface area contributed by atoms with Gasteiger partial charge in [0.1, 0.15) is 0 Å². The Morgan fingerprint density at radius 2 is 2.07 bits per heavy atom. The molecule has 0 aromatic heterocycles. The van der Waals surface area contributed by atoms with Gasteiger partial charge in [-0.05, 0) is 49.6 Å². The lowest BCUT2D eigenvalue weighted by Gasteiger charge is -2.13. The molecule has 78 valence electrons. The number of aryl methyl sites for hydroxylation is 1. The van der Waals surface area contributed by atoms with E-state index in [0.29, 0.717) is 5.56 Å². The van der Waals surface area contributed by atoms with E-state index in [9.17, 15) is 4.79 Å². The highest BCUT2D eigenvalue weighted by Crippen LogP contribution is 2.24. The first-order valence-electron chi connectivity index (χ1n) is 4.71. The third-order valence-electron chi connectivity index (χ3n) is 2.67. The number of benzene rings is 1. The summed E-state index contributed by atoms with van der Waals surface area (Å²) in [5, 5.41) is 17.7. The largest absolute Gasteiger partial charge is 0.481 e. The lowest BCUT2D eigenvalue weighted by molar-refractivity contribution is -0.138.